The summed E-state index contributed by atoms with van der Waals surface area (Å²) in [5.74, 6) is 0.0739. The molecule has 1 atom stereocenters. The lowest BCUT2D eigenvalue weighted by Gasteiger charge is -2.29. The molecular formula is C24H27ClN2O. The van der Waals surface area contributed by atoms with E-state index in [1.165, 1.54) is 0 Å². The van der Waals surface area contributed by atoms with Gasteiger partial charge in [0, 0.05) is 35.1 Å². The van der Waals surface area contributed by atoms with Crippen LogP contribution in [0.3, 0.4) is 0 Å². The highest BCUT2D eigenvalue weighted by Gasteiger charge is 2.22. The van der Waals surface area contributed by atoms with Crippen LogP contribution in [0.2, 0.25) is 5.02 Å². The summed E-state index contributed by atoms with van der Waals surface area (Å²) in [6, 6.07) is 20.0. The minimum atomic E-state index is 0.0739. The number of benzene rings is 2. The van der Waals surface area contributed by atoms with E-state index < -0.39 is 0 Å². The maximum atomic E-state index is 13.2. The van der Waals surface area contributed by atoms with E-state index in [2.05, 4.69) is 36.7 Å². The molecule has 1 amide bonds. The smallest absolute Gasteiger partial charge is 0.254 e. The Balaban J connectivity index is 1.83. The van der Waals surface area contributed by atoms with Gasteiger partial charge in [-0.05, 0) is 62.2 Å². The van der Waals surface area contributed by atoms with E-state index in [1.807, 2.05) is 60.4 Å². The normalized spacial score (nSPS) is 12.0. The first-order valence-electron chi connectivity index (χ1n) is 9.74. The monoisotopic (exact) mass is 394 g/mol. The number of hydrogen-bond donors (Lipinski definition) is 0. The van der Waals surface area contributed by atoms with E-state index >= 15 is 0 Å². The van der Waals surface area contributed by atoms with Crippen molar-refractivity contribution in [1.82, 2.24) is 9.47 Å². The van der Waals surface area contributed by atoms with Gasteiger partial charge in [0.1, 0.15) is 0 Å². The molecule has 0 spiro atoms. The molecular weight excluding hydrogens is 368 g/mol. The Hall–Kier alpha value is -2.52. The van der Waals surface area contributed by atoms with E-state index in [0.29, 0.717) is 6.54 Å². The Morgan fingerprint density at radius 2 is 1.86 bits per heavy atom. The fraction of sp³-hybridized carbons (Fsp3) is 0.292. The second kappa shape index (κ2) is 9.11. The zero-order chi connectivity index (χ0) is 20.1. The SMILES string of the molecule is CC[C@@H](C)N(Cc1cccn1Cc1cccc(Cl)c1)C(=O)c1ccc(C)cc1. The summed E-state index contributed by atoms with van der Waals surface area (Å²) in [6.07, 6.45) is 2.97. The van der Waals surface area contributed by atoms with Crippen LogP contribution >= 0.6 is 11.6 Å². The summed E-state index contributed by atoms with van der Waals surface area (Å²) in [5, 5.41) is 0.738. The zero-order valence-corrected chi connectivity index (χ0v) is 17.5. The molecule has 2 aromatic carbocycles. The Morgan fingerprint density at radius 3 is 2.54 bits per heavy atom. The van der Waals surface area contributed by atoms with Gasteiger partial charge in [-0.1, -0.05) is 48.4 Å². The second-order valence-electron chi connectivity index (χ2n) is 7.31. The van der Waals surface area contributed by atoms with Gasteiger partial charge in [0.05, 0.1) is 6.54 Å². The number of halogens is 1. The standard InChI is InChI=1S/C24H27ClN2O/c1-4-19(3)27(24(28)21-12-10-18(2)11-13-21)17-23-9-6-14-26(23)16-20-7-5-8-22(25)15-20/h5-15,19H,4,16-17H2,1-3H3/t19-/m1/s1. The predicted molar refractivity (Wildman–Crippen MR) is 116 cm³/mol. The largest absolute Gasteiger partial charge is 0.345 e. The van der Waals surface area contributed by atoms with Crippen molar-refractivity contribution in [1.29, 1.82) is 0 Å². The zero-order valence-electron chi connectivity index (χ0n) is 16.7. The molecule has 1 heterocycles. The molecule has 3 rings (SSSR count). The number of carbonyl (C=O) groups excluding carboxylic acids is 1. The quantitative estimate of drug-likeness (QED) is 0.486. The van der Waals surface area contributed by atoms with Gasteiger partial charge >= 0.3 is 0 Å². The summed E-state index contributed by atoms with van der Waals surface area (Å²) in [7, 11) is 0. The molecule has 0 aliphatic rings. The minimum Gasteiger partial charge on any atom is -0.345 e. The topological polar surface area (TPSA) is 25.2 Å². The lowest BCUT2D eigenvalue weighted by molar-refractivity contribution is 0.0667. The fourth-order valence-electron chi connectivity index (χ4n) is 3.26. The molecule has 0 radical (unpaired) electrons. The van der Waals surface area contributed by atoms with Gasteiger partial charge in [-0.25, -0.2) is 0 Å². The number of aromatic nitrogens is 1. The van der Waals surface area contributed by atoms with Crippen LogP contribution in [-0.4, -0.2) is 21.4 Å². The number of aryl methyl sites for hydroxylation is 1. The summed E-state index contributed by atoms with van der Waals surface area (Å²) in [5.41, 5.74) is 4.14. The molecule has 0 aliphatic heterocycles. The summed E-state index contributed by atoms with van der Waals surface area (Å²) in [6.45, 7) is 7.57. The van der Waals surface area contributed by atoms with Crippen molar-refractivity contribution in [2.24, 2.45) is 0 Å². The molecule has 1 aromatic heterocycles. The summed E-state index contributed by atoms with van der Waals surface area (Å²) < 4.78 is 2.18. The maximum absolute atomic E-state index is 13.2. The highest BCUT2D eigenvalue weighted by atomic mass is 35.5. The second-order valence-corrected chi connectivity index (χ2v) is 7.75. The van der Waals surface area contributed by atoms with Crippen molar-refractivity contribution in [2.75, 3.05) is 0 Å². The molecule has 0 aliphatic carbocycles. The lowest BCUT2D eigenvalue weighted by atomic mass is 10.1. The number of nitrogens with zero attached hydrogens (tertiary/aromatic N) is 2. The Bertz CT molecular complexity index is 930. The molecule has 4 heteroatoms. The van der Waals surface area contributed by atoms with Crippen molar-refractivity contribution in [2.45, 2.75) is 46.3 Å². The molecule has 28 heavy (non-hydrogen) atoms. The molecule has 0 N–H and O–H groups in total. The molecule has 0 saturated heterocycles. The predicted octanol–water partition coefficient (Wildman–Crippen LogP) is 5.94. The van der Waals surface area contributed by atoms with E-state index in [-0.39, 0.29) is 11.9 Å². The Labute approximate surface area is 172 Å². The third-order valence-electron chi connectivity index (χ3n) is 5.18. The third-order valence-corrected chi connectivity index (χ3v) is 5.42. The van der Waals surface area contributed by atoms with Gasteiger partial charge in [-0.3, -0.25) is 4.79 Å². The van der Waals surface area contributed by atoms with Crippen LogP contribution in [0, 0.1) is 6.92 Å². The van der Waals surface area contributed by atoms with Crippen molar-refractivity contribution in [3.63, 3.8) is 0 Å². The first-order chi connectivity index (χ1) is 13.5. The highest BCUT2D eigenvalue weighted by Crippen LogP contribution is 2.18. The van der Waals surface area contributed by atoms with Gasteiger partial charge in [0.2, 0.25) is 0 Å². The summed E-state index contributed by atoms with van der Waals surface area (Å²) >= 11 is 6.13. The minimum absolute atomic E-state index is 0.0739. The first kappa shape index (κ1) is 20.2. The first-order valence-corrected chi connectivity index (χ1v) is 10.1. The molecule has 0 unspecified atom stereocenters. The third kappa shape index (κ3) is 4.85. The number of hydrogen-bond acceptors (Lipinski definition) is 1. The van der Waals surface area contributed by atoms with Crippen LogP contribution in [0.25, 0.3) is 0 Å². The average molecular weight is 395 g/mol. The molecule has 0 saturated carbocycles. The Morgan fingerprint density at radius 1 is 1.11 bits per heavy atom. The van der Waals surface area contributed by atoms with Crippen molar-refractivity contribution in [3.05, 3.63) is 94.3 Å². The summed E-state index contributed by atoms with van der Waals surface area (Å²) in [4.78, 5) is 15.2. The average Bonchev–Trinajstić information content (AvgIpc) is 3.12. The maximum Gasteiger partial charge on any atom is 0.254 e. The van der Waals surface area contributed by atoms with Gasteiger partial charge in [0.25, 0.3) is 5.91 Å². The number of rotatable bonds is 7. The number of amides is 1. The van der Waals surface area contributed by atoms with Crippen molar-refractivity contribution in [3.8, 4) is 0 Å². The van der Waals surface area contributed by atoms with Gasteiger partial charge < -0.3 is 9.47 Å². The van der Waals surface area contributed by atoms with E-state index in [4.69, 9.17) is 11.6 Å². The van der Waals surface area contributed by atoms with Crippen LogP contribution in [0.1, 0.15) is 47.4 Å². The van der Waals surface area contributed by atoms with Crippen LogP contribution in [0.4, 0.5) is 0 Å². The van der Waals surface area contributed by atoms with E-state index in [0.717, 1.165) is 40.4 Å². The highest BCUT2D eigenvalue weighted by molar-refractivity contribution is 6.30. The molecule has 0 bridgehead atoms. The molecule has 146 valence electrons. The van der Waals surface area contributed by atoms with Crippen LogP contribution in [-0.2, 0) is 13.1 Å². The van der Waals surface area contributed by atoms with Gasteiger partial charge in [0.15, 0.2) is 0 Å². The van der Waals surface area contributed by atoms with Crippen LogP contribution < -0.4 is 0 Å². The molecule has 0 fully saturated rings. The lowest BCUT2D eigenvalue weighted by Crippen LogP contribution is -2.38. The van der Waals surface area contributed by atoms with Crippen LogP contribution in [0.15, 0.2) is 66.9 Å². The Kier molecular flexibility index (Phi) is 6.58. The fourth-order valence-corrected chi connectivity index (χ4v) is 3.48. The molecule has 3 aromatic rings. The van der Waals surface area contributed by atoms with Gasteiger partial charge in [-0.15, -0.1) is 0 Å². The van der Waals surface area contributed by atoms with Gasteiger partial charge in [-0.2, -0.15) is 0 Å². The van der Waals surface area contributed by atoms with E-state index in [9.17, 15) is 4.79 Å². The van der Waals surface area contributed by atoms with Crippen LogP contribution in [0.5, 0.6) is 0 Å². The van der Waals surface area contributed by atoms with Crippen molar-refractivity contribution >= 4 is 17.5 Å². The van der Waals surface area contributed by atoms with Crippen molar-refractivity contribution < 1.29 is 4.79 Å². The molecule has 3 nitrogen and oxygen atoms in total. The number of carbonyl (C=O) groups is 1. The van der Waals surface area contributed by atoms with E-state index in [1.54, 1.807) is 0 Å².